The molecular weight excluding hydrogens is 375 g/mol. The number of Topliss-reactive ketones (excluding diaryl/α,β-unsaturated/α-hetero) is 1. The molecule has 5 nitrogen and oxygen atoms in total. The molecule has 3 heterocycles. The molecule has 0 N–H and O–H groups in total. The molecule has 0 aliphatic carbocycles. The largest absolute Gasteiger partial charge is 0.489 e. The average Bonchev–Trinajstić information content (AvgIpc) is 2.69. The van der Waals surface area contributed by atoms with Gasteiger partial charge in [-0.15, -0.1) is 0 Å². The lowest BCUT2D eigenvalue weighted by Crippen LogP contribution is -2.27. The van der Waals surface area contributed by atoms with Gasteiger partial charge in [0.05, 0.1) is 10.9 Å². The first kappa shape index (κ1) is 19.7. The molecule has 0 amide bonds. The Morgan fingerprint density at radius 1 is 1.14 bits per heavy atom. The molecule has 4 rings (SSSR count). The van der Waals surface area contributed by atoms with Gasteiger partial charge in [0.25, 0.3) is 0 Å². The summed E-state index contributed by atoms with van der Waals surface area (Å²) in [5, 5.41) is 0.384. The number of aryl methyl sites for hydroxylation is 1. The molecular formula is C23H25FO5. The quantitative estimate of drug-likeness (QED) is 0.645. The van der Waals surface area contributed by atoms with Gasteiger partial charge in [0.1, 0.15) is 29.3 Å². The number of fused-ring (bicyclic) bond motifs is 6. The Hall–Kier alpha value is -2.63. The summed E-state index contributed by atoms with van der Waals surface area (Å²) in [4.78, 5) is 25.1. The number of rotatable bonds is 5. The van der Waals surface area contributed by atoms with Crippen LogP contribution in [0.25, 0.3) is 17.0 Å². The molecule has 2 unspecified atom stereocenters. The number of hydrogen-bond donors (Lipinski definition) is 0. The van der Waals surface area contributed by atoms with Crippen molar-refractivity contribution in [1.82, 2.24) is 0 Å². The van der Waals surface area contributed by atoms with Crippen LogP contribution in [-0.4, -0.2) is 18.0 Å². The highest BCUT2D eigenvalue weighted by Gasteiger charge is 2.36. The third-order valence-corrected chi connectivity index (χ3v) is 5.50. The lowest BCUT2D eigenvalue weighted by atomic mass is 9.90. The molecule has 6 heteroatoms. The zero-order valence-corrected chi connectivity index (χ0v) is 17.0. The molecule has 154 valence electrons. The topological polar surface area (TPSA) is 65.7 Å². The maximum Gasteiger partial charge on any atom is 0.372 e. The molecule has 29 heavy (non-hydrogen) atoms. The van der Waals surface area contributed by atoms with Crippen molar-refractivity contribution >= 4 is 22.8 Å². The van der Waals surface area contributed by atoms with Crippen molar-refractivity contribution in [2.24, 2.45) is 0 Å². The minimum Gasteiger partial charge on any atom is -0.489 e. The Labute approximate surface area is 168 Å². The number of hydrogen-bond acceptors (Lipinski definition) is 5. The molecule has 0 spiro atoms. The van der Waals surface area contributed by atoms with Crippen LogP contribution >= 0.6 is 0 Å². The van der Waals surface area contributed by atoms with Crippen molar-refractivity contribution in [1.29, 1.82) is 0 Å². The molecule has 0 bridgehead atoms. The number of ketones is 1. The third-order valence-electron chi connectivity index (χ3n) is 5.50. The summed E-state index contributed by atoms with van der Waals surface area (Å²) in [7, 11) is 0. The van der Waals surface area contributed by atoms with Gasteiger partial charge in [0.15, 0.2) is 11.4 Å². The SMILES string of the molecule is CCCCC1C=Cc2c3c(c4oc(=O)c(F)c(CCC)c4c2O1)C(=O)CC(C)O3. The number of carbonyl (C=O) groups excluding carboxylic acids is 1. The van der Waals surface area contributed by atoms with Gasteiger partial charge >= 0.3 is 5.63 Å². The maximum absolute atomic E-state index is 14.8. The van der Waals surface area contributed by atoms with E-state index >= 15 is 0 Å². The summed E-state index contributed by atoms with van der Waals surface area (Å²) in [6, 6.07) is 0. The van der Waals surface area contributed by atoms with Crippen LogP contribution in [0.3, 0.4) is 0 Å². The van der Waals surface area contributed by atoms with E-state index in [9.17, 15) is 14.0 Å². The molecule has 0 radical (unpaired) electrons. The van der Waals surface area contributed by atoms with E-state index in [-0.39, 0.29) is 41.1 Å². The molecule has 0 fully saturated rings. The van der Waals surface area contributed by atoms with E-state index in [0.29, 0.717) is 35.3 Å². The monoisotopic (exact) mass is 400 g/mol. The van der Waals surface area contributed by atoms with Crippen molar-refractivity contribution in [3.8, 4) is 11.5 Å². The van der Waals surface area contributed by atoms with Gasteiger partial charge in [-0.05, 0) is 38.3 Å². The van der Waals surface area contributed by atoms with Crippen LogP contribution in [0, 0.1) is 5.82 Å². The Balaban J connectivity index is 2.07. The van der Waals surface area contributed by atoms with Crippen molar-refractivity contribution in [3.05, 3.63) is 39.0 Å². The van der Waals surface area contributed by atoms with Gasteiger partial charge in [-0.1, -0.05) is 26.7 Å². The van der Waals surface area contributed by atoms with Crippen molar-refractivity contribution < 1.29 is 23.1 Å². The highest BCUT2D eigenvalue weighted by Crippen LogP contribution is 2.48. The fourth-order valence-corrected chi connectivity index (χ4v) is 4.15. The lowest BCUT2D eigenvalue weighted by molar-refractivity contribution is 0.0870. The van der Waals surface area contributed by atoms with Crippen LogP contribution in [0.1, 0.15) is 74.4 Å². The van der Waals surface area contributed by atoms with E-state index in [2.05, 4.69) is 6.92 Å². The molecule has 2 aromatic rings. The summed E-state index contributed by atoms with van der Waals surface area (Å²) in [5.74, 6) is -0.290. The van der Waals surface area contributed by atoms with Crippen LogP contribution in [-0.2, 0) is 6.42 Å². The summed E-state index contributed by atoms with van der Waals surface area (Å²) in [5.41, 5.74) is 0.0875. The summed E-state index contributed by atoms with van der Waals surface area (Å²) in [6.07, 6.45) is 7.38. The fourth-order valence-electron chi connectivity index (χ4n) is 4.15. The lowest BCUT2D eigenvalue weighted by Gasteiger charge is -2.30. The second-order valence-corrected chi connectivity index (χ2v) is 7.80. The first-order valence-electron chi connectivity index (χ1n) is 10.4. The Kier molecular flexibility index (Phi) is 5.19. The van der Waals surface area contributed by atoms with E-state index in [0.717, 1.165) is 19.3 Å². The Morgan fingerprint density at radius 2 is 1.93 bits per heavy atom. The summed E-state index contributed by atoms with van der Waals surface area (Å²) in [6.45, 7) is 5.83. The van der Waals surface area contributed by atoms with Crippen LogP contribution < -0.4 is 15.1 Å². The minimum absolute atomic E-state index is 0.0787. The first-order valence-corrected chi connectivity index (χ1v) is 10.4. The normalized spacial score (nSPS) is 20.2. The zero-order valence-electron chi connectivity index (χ0n) is 17.0. The van der Waals surface area contributed by atoms with Crippen LogP contribution in [0.4, 0.5) is 4.39 Å². The zero-order chi connectivity index (χ0) is 20.7. The second kappa shape index (κ2) is 7.65. The standard InChI is InChI=1S/C23H25FO5/c1-4-6-8-13-9-10-15-20(28-13)17-14(7-5-2)19(24)23(26)29-22(17)18-16(25)11-12(3)27-21(15)18/h9-10,12-13H,4-8,11H2,1-3H3. The number of halogens is 1. The fraction of sp³-hybridized carbons (Fsp3) is 0.478. The molecule has 1 aromatic heterocycles. The minimum atomic E-state index is -1.07. The smallest absolute Gasteiger partial charge is 0.372 e. The van der Waals surface area contributed by atoms with E-state index in [4.69, 9.17) is 13.9 Å². The molecule has 2 aliphatic heterocycles. The number of benzene rings is 1. The van der Waals surface area contributed by atoms with Crippen LogP contribution in [0.2, 0.25) is 0 Å². The number of unbranched alkanes of at least 4 members (excludes halogenated alkanes) is 1. The van der Waals surface area contributed by atoms with E-state index in [1.54, 1.807) is 0 Å². The van der Waals surface area contributed by atoms with E-state index in [1.165, 1.54) is 0 Å². The predicted octanol–water partition coefficient (Wildman–Crippen LogP) is 5.20. The Morgan fingerprint density at radius 3 is 2.66 bits per heavy atom. The van der Waals surface area contributed by atoms with Crippen LogP contribution in [0.15, 0.2) is 15.3 Å². The Bertz CT molecular complexity index is 1070. The van der Waals surface area contributed by atoms with Gasteiger partial charge in [-0.2, -0.15) is 4.39 Å². The van der Waals surface area contributed by atoms with E-state index in [1.807, 2.05) is 26.0 Å². The first-order chi connectivity index (χ1) is 14.0. The van der Waals surface area contributed by atoms with Crippen molar-refractivity contribution in [3.63, 3.8) is 0 Å². The third kappa shape index (κ3) is 3.24. The summed E-state index contributed by atoms with van der Waals surface area (Å²) >= 11 is 0. The molecule has 2 aliphatic rings. The highest BCUT2D eigenvalue weighted by molar-refractivity contribution is 6.13. The predicted molar refractivity (Wildman–Crippen MR) is 108 cm³/mol. The van der Waals surface area contributed by atoms with Gasteiger partial charge < -0.3 is 13.9 Å². The highest BCUT2D eigenvalue weighted by atomic mass is 19.1. The maximum atomic E-state index is 14.8. The second-order valence-electron chi connectivity index (χ2n) is 7.80. The van der Waals surface area contributed by atoms with Gasteiger partial charge in [0, 0.05) is 12.0 Å². The molecule has 0 saturated carbocycles. The van der Waals surface area contributed by atoms with Crippen molar-refractivity contribution in [2.75, 3.05) is 0 Å². The average molecular weight is 400 g/mol. The molecule has 2 atom stereocenters. The van der Waals surface area contributed by atoms with E-state index < -0.39 is 11.4 Å². The van der Waals surface area contributed by atoms with Crippen molar-refractivity contribution in [2.45, 2.75) is 71.5 Å². The van der Waals surface area contributed by atoms with Gasteiger partial charge in [-0.25, -0.2) is 4.79 Å². The van der Waals surface area contributed by atoms with Crippen LogP contribution in [0.5, 0.6) is 11.5 Å². The number of carbonyl (C=O) groups is 1. The van der Waals surface area contributed by atoms with Gasteiger partial charge in [-0.3, -0.25) is 4.79 Å². The molecule has 0 saturated heterocycles. The van der Waals surface area contributed by atoms with Gasteiger partial charge in [0.2, 0.25) is 5.82 Å². The molecule has 1 aromatic carbocycles. The number of ether oxygens (including phenoxy) is 2. The summed E-state index contributed by atoms with van der Waals surface area (Å²) < 4.78 is 32.4.